The zero-order valence-corrected chi connectivity index (χ0v) is 15.0. The molecule has 5 heterocycles. The molecule has 1 unspecified atom stereocenters. The van der Waals surface area contributed by atoms with Crippen molar-refractivity contribution in [3.05, 3.63) is 34.0 Å². The molecule has 3 aliphatic rings. The van der Waals surface area contributed by atoms with Gasteiger partial charge in [-0.3, -0.25) is 4.79 Å². The van der Waals surface area contributed by atoms with Crippen LogP contribution >= 0.6 is 11.3 Å². The van der Waals surface area contributed by atoms with E-state index < -0.39 is 0 Å². The molecule has 5 rings (SSSR count). The van der Waals surface area contributed by atoms with Crippen molar-refractivity contribution in [2.75, 3.05) is 19.7 Å². The summed E-state index contributed by atoms with van der Waals surface area (Å²) in [4.78, 5) is 20.7. The lowest BCUT2D eigenvalue weighted by molar-refractivity contribution is -0.145. The molecule has 0 N–H and O–H groups in total. The summed E-state index contributed by atoms with van der Waals surface area (Å²) in [5, 5.41) is 6.42. The molecule has 3 aliphatic heterocycles. The van der Waals surface area contributed by atoms with Gasteiger partial charge in [0.05, 0.1) is 19.1 Å². The summed E-state index contributed by atoms with van der Waals surface area (Å²) in [6.45, 7) is 3.05. The predicted molar refractivity (Wildman–Crippen MR) is 93.3 cm³/mol. The van der Waals surface area contributed by atoms with Crippen LogP contribution in [0.5, 0.6) is 0 Å². The third kappa shape index (κ3) is 2.52. The Kier molecular flexibility index (Phi) is 3.67. The second-order valence-electron chi connectivity index (χ2n) is 7.29. The smallest absolute Gasteiger partial charge is 0.227 e. The van der Waals surface area contributed by atoms with E-state index in [1.54, 1.807) is 6.33 Å². The van der Waals surface area contributed by atoms with Gasteiger partial charge in [0, 0.05) is 24.4 Å². The molecule has 25 heavy (non-hydrogen) atoms. The van der Waals surface area contributed by atoms with Crippen LogP contribution in [0.4, 0.5) is 0 Å². The van der Waals surface area contributed by atoms with Crippen LogP contribution in [0.3, 0.4) is 0 Å². The maximum absolute atomic E-state index is 13.0. The van der Waals surface area contributed by atoms with E-state index in [9.17, 15) is 4.79 Å². The summed E-state index contributed by atoms with van der Waals surface area (Å²) >= 11 is 1.81. The Balaban J connectivity index is 1.28. The number of aryl methyl sites for hydroxylation is 1. The Morgan fingerprint density at radius 1 is 1.32 bits per heavy atom. The molecular formula is C18H22N4O2S. The highest BCUT2D eigenvalue weighted by Gasteiger charge is 2.43. The van der Waals surface area contributed by atoms with Crippen molar-refractivity contribution in [3.63, 3.8) is 0 Å². The van der Waals surface area contributed by atoms with E-state index in [-0.39, 0.29) is 17.4 Å². The average molecular weight is 358 g/mol. The molecule has 0 bridgehead atoms. The standard InChI is InChI=1S/C18H22N4O2S/c23-17(14-1-2-15-19-12-20-22(15)11-14)21-7-5-18(6-8-21)16-13(3-9-24-18)4-10-25-16/h4,10,12,14H,1-3,5-9,11H2. The van der Waals surface area contributed by atoms with Crippen LogP contribution in [0.1, 0.15) is 35.5 Å². The topological polar surface area (TPSA) is 60.2 Å². The third-order valence-corrected chi connectivity index (χ3v) is 7.09. The van der Waals surface area contributed by atoms with Crippen molar-refractivity contribution < 1.29 is 9.53 Å². The van der Waals surface area contributed by atoms with E-state index in [2.05, 4.69) is 21.5 Å². The second kappa shape index (κ2) is 5.92. The van der Waals surface area contributed by atoms with E-state index in [1.807, 2.05) is 20.9 Å². The lowest BCUT2D eigenvalue weighted by atomic mass is 9.84. The molecule has 1 amide bonds. The number of piperidine rings is 1. The van der Waals surface area contributed by atoms with Gasteiger partial charge in [0.25, 0.3) is 0 Å². The number of likely N-dealkylation sites (tertiary alicyclic amines) is 1. The summed E-state index contributed by atoms with van der Waals surface area (Å²) in [6, 6.07) is 2.24. The van der Waals surface area contributed by atoms with Crippen molar-refractivity contribution in [1.82, 2.24) is 19.7 Å². The molecule has 0 radical (unpaired) electrons. The minimum Gasteiger partial charge on any atom is -0.369 e. The normalized spacial score (nSPS) is 24.8. The lowest BCUT2D eigenvalue weighted by Crippen LogP contribution is -2.50. The first-order valence-electron chi connectivity index (χ1n) is 9.11. The van der Waals surface area contributed by atoms with Crippen LogP contribution < -0.4 is 0 Å². The minimum absolute atomic E-state index is 0.0350. The van der Waals surface area contributed by atoms with Gasteiger partial charge in [-0.1, -0.05) is 0 Å². The van der Waals surface area contributed by atoms with Crippen molar-refractivity contribution >= 4 is 17.2 Å². The summed E-state index contributed by atoms with van der Waals surface area (Å²) in [5.74, 6) is 1.31. The Morgan fingerprint density at radius 3 is 3.08 bits per heavy atom. The predicted octanol–water partition coefficient (Wildman–Crippen LogP) is 1.99. The van der Waals surface area contributed by atoms with Gasteiger partial charge in [0.1, 0.15) is 17.8 Å². The van der Waals surface area contributed by atoms with Gasteiger partial charge in [-0.15, -0.1) is 11.3 Å². The van der Waals surface area contributed by atoms with Crippen molar-refractivity contribution in [2.24, 2.45) is 5.92 Å². The van der Waals surface area contributed by atoms with Gasteiger partial charge >= 0.3 is 0 Å². The van der Waals surface area contributed by atoms with Gasteiger partial charge < -0.3 is 9.64 Å². The second-order valence-corrected chi connectivity index (χ2v) is 8.20. The summed E-state index contributed by atoms with van der Waals surface area (Å²) in [7, 11) is 0. The van der Waals surface area contributed by atoms with E-state index in [1.165, 1.54) is 10.4 Å². The Labute approximate surface area is 150 Å². The van der Waals surface area contributed by atoms with Gasteiger partial charge in [-0.25, -0.2) is 9.67 Å². The zero-order chi connectivity index (χ0) is 16.9. The van der Waals surface area contributed by atoms with E-state index in [0.717, 1.165) is 57.6 Å². The molecule has 6 nitrogen and oxygen atoms in total. The van der Waals surface area contributed by atoms with Crippen molar-refractivity contribution in [2.45, 2.75) is 44.2 Å². The molecule has 1 spiro atoms. The first-order chi connectivity index (χ1) is 12.3. The minimum atomic E-state index is -0.149. The van der Waals surface area contributed by atoms with Gasteiger partial charge in [0.15, 0.2) is 0 Å². The summed E-state index contributed by atoms with van der Waals surface area (Å²) in [6.07, 6.45) is 6.15. The number of hydrogen-bond acceptors (Lipinski definition) is 5. The number of nitrogens with zero attached hydrogens (tertiary/aromatic N) is 4. The van der Waals surface area contributed by atoms with E-state index in [0.29, 0.717) is 6.54 Å². The molecular weight excluding hydrogens is 336 g/mol. The molecule has 1 fully saturated rings. The third-order valence-electron chi connectivity index (χ3n) is 5.95. The Morgan fingerprint density at radius 2 is 2.20 bits per heavy atom. The number of carbonyl (C=O) groups is 1. The first-order valence-corrected chi connectivity index (χ1v) is 9.99. The molecule has 0 aromatic carbocycles. The van der Waals surface area contributed by atoms with Crippen LogP contribution in [-0.4, -0.2) is 45.3 Å². The number of ether oxygens (including phenoxy) is 1. The first kappa shape index (κ1) is 15.5. The number of rotatable bonds is 1. The van der Waals surface area contributed by atoms with Gasteiger partial charge in [-0.2, -0.15) is 5.10 Å². The number of hydrogen-bond donors (Lipinski definition) is 0. The Hall–Kier alpha value is -1.73. The molecule has 1 saturated heterocycles. The monoisotopic (exact) mass is 358 g/mol. The zero-order valence-electron chi connectivity index (χ0n) is 14.2. The number of aromatic nitrogens is 3. The highest BCUT2D eigenvalue weighted by atomic mass is 32.1. The highest BCUT2D eigenvalue weighted by Crippen LogP contribution is 2.44. The molecule has 1 atom stereocenters. The van der Waals surface area contributed by atoms with Crippen LogP contribution in [-0.2, 0) is 34.5 Å². The van der Waals surface area contributed by atoms with E-state index >= 15 is 0 Å². The van der Waals surface area contributed by atoms with Crippen molar-refractivity contribution in [3.8, 4) is 0 Å². The molecule has 2 aromatic heterocycles. The van der Waals surface area contributed by atoms with Crippen LogP contribution in [0, 0.1) is 5.92 Å². The van der Waals surface area contributed by atoms with E-state index in [4.69, 9.17) is 4.74 Å². The van der Waals surface area contributed by atoms with Crippen LogP contribution in [0.15, 0.2) is 17.8 Å². The molecule has 0 saturated carbocycles. The molecule has 132 valence electrons. The number of fused-ring (bicyclic) bond motifs is 3. The average Bonchev–Trinajstić information content (AvgIpc) is 3.31. The maximum Gasteiger partial charge on any atom is 0.227 e. The fourth-order valence-electron chi connectivity index (χ4n) is 4.51. The SMILES string of the molecule is O=C(C1CCc2ncnn2C1)N1CCC2(CC1)OCCc1ccsc12. The fourth-order valence-corrected chi connectivity index (χ4v) is 5.68. The van der Waals surface area contributed by atoms with Crippen LogP contribution in [0.25, 0.3) is 0 Å². The van der Waals surface area contributed by atoms with Crippen LogP contribution in [0.2, 0.25) is 0 Å². The van der Waals surface area contributed by atoms with Crippen molar-refractivity contribution in [1.29, 1.82) is 0 Å². The lowest BCUT2D eigenvalue weighted by Gasteiger charge is -2.44. The van der Waals surface area contributed by atoms with Gasteiger partial charge in [0.2, 0.25) is 5.91 Å². The molecule has 0 aliphatic carbocycles. The molecule has 7 heteroatoms. The number of amides is 1. The summed E-state index contributed by atoms with van der Waals surface area (Å²) < 4.78 is 8.14. The number of carbonyl (C=O) groups excluding carboxylic acids is 1. The maximum atomic E-state index is 13.0. The molecule has 2 aromatic rings. The largest absolute Gasteiger partial charge is 0.369 e. The van der Waals surface area contributed by atoms with Gasteiger partial charge in [-0.05, 0) is 42.7 Å². The quantitative estimate of drug-likeness (QED) is 0.782. The fraction of sp³-hybridized carbons (Fsp3) is 0.611. The number of thiophene rings is 1. The Bertz CT molecular complexity index is 791. The highest BCUT2D eigenvalue weighted by molar-refractivity contribution is 7.10. The summed E-state index contributed by atoms with van der Waals surface area (Å²) in [5.41, 5.74) is 1.30.